The van der Waals surface area contributed by atoms with Crippen LogP contribution in [-0.4, -0.2) is 24.6 Å². The predicted molar refractivity (Wildman–Crippen MR) is 207 cm³/mol. The molecule has 2 rings (SSSR count). The summed E-state index contributed by atoms with van der Waals surface area (Å²) in [6, 6.07) is 18.8. The fourth-order valence-corrected chi connectivity index (χ4v) is 6.68. The van der Waals surface area contributed by atoms with E-state index in [2.05, 4.69) is 115 Å². The van der Waals surface area contributed by atoms with Crippen molar-refractivity contribution in [1.29, 1.82) is 0 Å². The van der Waals surface area contributed by atoms with E-state index >= 15 is 0 Å². The van der Waals surface area contributed by atoms with Crippen molar-refractivity contribution in [2.75, 3.05) is 6.54 Å². The van der Waals surface area contributed by atoms with E-state index in [4.69, 9.17) is 16.3 Å². The molecule has 48 heavy (non-hydrogen) atoms. The van der Waals surface area contributed by atoms with Crippen LogP contribution in [0.15, 0.2) is 104 Å². The van der Waals surface area contributed by atoms with Gasteiger partial charge in [-0.2, -0.15) is 0 Å². The van der Waals surface area contributed by atoms with Crippen LogP contribution < -0.4 is 10.6 Å². The molecule has 2 N–H and O–H groups in total. The van der Waals surface area contributed by atoms with Crippen molar-refractivity contribution in [1.82, 2.24) is 10.6 Å². The second kappa shape index (κ2) is 21.7. The summed E-state index contributed by atoms with van der Waals surface area (Å²) < 4.78 is 6.71. The van der Waals surface area contributed by atoms with Crippen molar-refractivity contribution in [3.63, 3.8) is 0 Å². The van der Waals surface area contributed by atoms with Gasteiger partial charge >= 0.3 is 0 Å². The largest absolute Gasteiger partial charge is 0.495 e. The molecule has 0 bridgehead atoms. The van der Waals surface area contributed by atoms with E-state index in [0.717, 1.165) is 50.0 Å². The Hall–Kier alpha value is -3.24. The molecule has 0 aliphatic heterocycles. The van der Waals surface area contributed by atoms with Crippen LogP contribution in [0, 0.1) is 36.5 Å². The van der Waals surface area contributed by atoms with Crippen molar-refractivity contribution in [2.24, 2.45) is 29.6 Å². The summed E-state index contributed by atoms with van der Waals surface area (Å²) in [5, 5.41) is 6.19. The average molecular weight is 675 g/mol. The lowest BCUT2D eigenvalue weighted by Gasteiger charge is -2.33. The summed E-state index contributed by atoms with van der Waals surface area (Å²) in [6.07, 6.45) is 10.3. The highest BCUT2D eigenvalue weighted by Gasteiger charge is 2.30. The van der Waals surface area contributed by atoms with E-state index in [9.17, 15) is 4.79 Å². The number of halogens is 1. The lowest BCUT2D eigenvalue weighted by molar-refractivity contribution is -0.117. The topological polar surface area (TPSA) is 50.4 Å². The zero-order valence-corrected chi connectivity index (χ0v) is 31.6. The Bertz CT molecular complexity index is 1300. The van der Waals surface area contributed by atoms with Crippen LogP contribution in [0.1, 0.15) is 95.7 Å². The summed E-state index contributed by atoms with van der Waals surface area (Å²) in [5.41, 5.74) is 4.88. The van der Waals surface area contributed by atoms with E-state index in [1.165, 1.54) is 16.7 Å². The third-order valence-corrected chi connectivity index (χ3v) is 10.1. The van der Waals surface area contributed by atoms with Crippen molar-refractivity contribution < 1.29 is 9.53 Å². The summed E-state index contributed by atoms with van der Waals surface area (Å²) in [7, 11) is 0. The maximum atomic E-state index is 12.9. The Morgan fingerprint density at radius 1 is 0.958 bits per heavy atom. The first-order valence-electron chi connectivity index (χ1n) is 17.9. The molecule has 2 aromatic rings. The molecule has 4 unspecified atom stereocenters. The molecule has 0 aromatic heterocycles. The highest BCUT2D eigenvalue weighted by molar-refractivity contribution is 6.21. The molecule has 4 nitrogen and oxygen atoms in total. The highest BCUT2D eigenvalue weighted by atomic mass is 35.5. The molecule has 0 aliphatic carbocycles. The van der Waals surface area contributed by atoms with Crippen molar-refractivity contribution >= 4 is 17.5 Å². The summed E-state index contributed by atoms with van der Waals surface area (Å²) in [5.74, 6) is 2.21. The van der Waals surface area contributed by atoms with Crippen LogP contribution in [0.5, 0.6) is 0 Å². The van der Waals surface area contributed by atoms with E-state index < -0.39 is 0 Å². The maximum absolute atomic E-state index is 12.9. The number of nitrogens with one attached hydrogen (secondary N) is 2. The molecule has 5 heteroatoms. The Kier molecular flexibility index (Phi) is 18.5. The molecule has 0 heterocycles. The van der Waals surface area contributed by atoms with Crippen LogP contribution in [-0.2, 0) is 16.0 Å². The molecule has 0 spiro atoms. The smallest absolute Gasteiger partial charge is 0.243 e. The minimum absolute atomic E-state index is 0.0687. The SMILES string of the molecule is C=CNCC(C)C(=C)CC(CC(=C)O[C@@H](C/C=C/C(=O)N[C@@H](C)CCc1cccc(C)c1)C(C)[C@H](C)C(Cl)c1ccccc1)CC(C)C. The molecule has 0 saturated heterocycles. The molecule has 0 fully saturated rings. The highest BCUT2D eigenvalue weighted by Crippen LogP contribution is 2.38. The lowest BCUT2D eigenvalue weighted by Crippen LogP contribution is -2.32. The van der Waals surface area contributed by atoms with Crippen LogP contribution >= 0.6 is 11.6 Å². The lowest BCUT2D eigenvalue weighted by atomic mass is 9.83. The van der Waals surface area contributed by atoms with Gasteiger partial charge in [0.1, 0.15) is 6.10 Å². The number of carbonyl (C=O) groups excluding carboxylic acids is 1. The van der Waals surface area contributed by atoms with Gasteiger partial charge in [-0.15, -0.1) is 11.6 Å². The summed E-state index contributed by atoms with van der Waals surface area (Å²) in [4.78, 5) is 12.9. The number of benzene rings is 2. The van der Waals surface area contributed by atoms with Gasteiger partial charge in [-0.1, -0.05) is 126 Å². The van der Waals surface area contributed by atoms with Gasteiger partial charge in [0.05, 0.1) is 11.1 Å². The fourth-order valence-electron chi connectivity index (χ4n) is 6.30. The third kappa shape index (κ3) is 15.3. The van der Waals surface area contributed by atoms with Crippen LogP contribution in [0.3, 0.4) is 0 Å². The number of carbonyl (C=O) groups is 1. The van der Waals surface area contributed by atoms with Gasteiger partial charge in [0.15, 0.2) is 0 Å². The van der Waals surface area contributed by atoms with E-state index in [1.807, 2.05) is 24.3 Å². The Labute approximate surface area is 298 Å². The average Bonchev–Trinajstić information content (AvgIpc) is 3.04. The van der Waals surface area contributed by atoms with Crippen LogP contribution in [0.25, 0.3) is 0 Å². The zero-order valence-electron chi connectivity index (χ0n) is 30.8. The van der Waals surface area contributed by atoms with Crippen molar-refractivity contribution in [3.8, 4) is 0 Å². The van der Waals surface area contributed by atoms with Gasteiger partial charge in [-0.3, -0.25) is 4.79 Å². The predicted octanol–water partition coefficient (Wildman–Crippen LogP) is 10.9. The quantitative estimate of drug-likeness (QED) is 0.0534. The number of aryl methyl sites for hydroxylation is 2. The second-order valence-corrected chi connectivity index (χ2v) is 14.8. The van der Waals surface area contributed by atoms with Gasteiger partial charge in [0, 0.05) is 25.4 Å². The van der Waals surface area contributed by atoms with E-state index in [-0.39, 0.29) is 35.3 Å². The molecule has 1 amide bonds. The van der Waals surface area contributed by atoms with Gasteiger partial charge in [0.25, 0.3) is 0 Å². The molecular formula is C43H63ClN2O2. The number of amides is 1. The monoisotopic (exact) mass is 674 g/mol. The maximum Gasteiger partial charge on any atom is 0.243 e. The second-order valence-electron chi connectivity index (χ2n) is 14.4. The molecule has 0 saturated carbocycles. The molecule has 264 valence electrons. The molecule has 0 radical (unpaired) electrons. The first-order chi connectivity index (χ1) is 22.8. The first kappa shape index (κ1) is 40.9. The first-order valence-corrected chi connectivity index (χ1v) is 18.3. The van der Waals surface area contributed by atoms with Crippen molar-refractivity contribution in [3.05, 3.63) is 121 Å². The van der Waals surface area contributed by atoms with Gasteiger partial charge < -0.3 is 15.4 Å². The van der Waals surface area contributed by atoms with Crippen LogP contribution in [0.2, 0.25) is 0 Å². The minimum Gasteiger partial charge on any atom is -0.495 e. The minimum atomic E-state index is -0.182. The Morgan fingerprint density at radius 2 is 1.67 bits per heavy atom. The molecule has 7 atom stereocenters. The Balaban J connectivity index is 2.11. The van der Waals surface area contributed by atoms with Crippen molar-refractivity contribution in [2.45, 2.75) is 105 Å². The number of hydrogen-bond donors (Lipinski definition) is 2. The molecule has 2 aromatic carbocycles. The summed E-state index contributed by atoms with van der Waals surface area (Å²) >= 11 is 7.04. The van der Waals surface area contributed by atoms with E-state index in [0.29, 0.717) is 24.2 Å². The van der Waals surface area contributed by atoms with E-state index in [1.54, 1.807) is 12.3 Å². The normalized spacial score (nSPS) is 15.9. The number of allylic oxidation sites excluding steroid dienone is 1. The van der Waals surface area contributed by atoms with Gasteiger partial charge in [-0.25, -0.2) is 0 Å². The molecular weight excluding hydrogens is 612 g/mol. The van der Waals surface area contributed by atoms with Gasteiger partial charge in [-0.05, 0) is 92.5 Å². The third-order valence-electron chi connectivity index (χ3n) is 9.43. The fraction of sp³-hybridized carbons (Fsp3) is 0.512. The number of ether oxygens (including phenoxy) is 1. The number of alkyl halides is 1. The van der Waals surface area contributed by atoms with Crippen LogP contribution in [0.4, 0.5) is 0 Å². The number of hydrogen-bond acceptors (Lipinski definition) is 3. The zero-order chi connectivity index (χ0) is 35.6. The standard InChI is InChI=1S/C43H63ClN2O2/c1-11-45-29-33(6)32(5)27-39(25-30(2)3)28-35(8)48-41(36(9)37(10)43(44)40-19-13-12-14-20-40)21-16-22-42(47)46-34(7)23-24-38-18-15-17-31(4)26-38/h11-20,22,26,30,33-34,36-37,39,41,43,45H,1,5,8,21,23-25,27-29H2,2-4,6-7,9-10H3,(H,46,47)/b22-16+/t33?,34-,36?,37-,39?,41-,43?/m0/s1. The number of rotatable bonds is 23. The Morgan fingerprint density at radius 3 is 2.31 bits per heavy atom. The summed E-state index contributed by atoms with van der Waals surface area (Å²) in [6.45, 7) is 28.7. The van der Waals surface area contributed by atoms with Gasteiger partial charge in [0.2, 0.25) is 5.91 Å². The molecule has 0 aliphatic rings.